The maximum Gasteiger partial charge on any atom is 0.333 e. The molecule has 0 aliphatic carbocycles. The van der Waals surface area contributed by atoms with Gasteiger partial charge in [0.2, 0.25) is 0 Å². The standard InChI is InChI=1S/C15H24N2O4/c1-4-10-21-13-7-5-6-12(14(13)17(19)20)16-11-15(2,3)8-9-18/h5-7,16,18H,4,8-11H2,1-3H3. The highest BCUT2D eigenvalue weighted by molar-refractivity contribution is 5.68. The first kappa shape index (κ1) is 17.2. The minimum atomic E-state index is -0.424. The van der Waals surface area contributed by atoms with Crippen molar-refractivity contribution in [3.05, 3.63) is 28.3 Å². The van der Waals surface area contributed by atoms with Gasteiger partial charge in [-0.05, 0) is 30.4 Å². The first-order chi connectivity index (χ1) is 9.91. The van der Waals surface area contributed by atoms with Crippen LogP contribution in [0.2, 0.25) is 0 Å². The Balaban J connectivity index is 2.93. The number of anilines is 1. The molecule has 0 fully saturated rings. The number of benzene rings is 1. The van der Waals surface area contributed by atoms with Crippen LogP contribution in [0.25, 0.3) is 0 Å². The number of nitro groups is 1. The molecule has 2 N–H and O–H groups in total. The van der Waals surface area contributed by atoms with Crippen molar-refractivity contribution in [3.8, 4) is 5.75 Å². The Kier molecular flexibility index (Phi) is 6.42. The van der Waals surface area contributed by atoms with Gasteiger partial charge >= 0.3 is 5.69 Å². The molecular weight excluding hydrogens is 272 g/mol. The lowest BCUT2D eigenvalue weighted by atomic mass is 9.89. The van der Waals surface area contributed by atoms with Gasteiger partial charge in [-0.3, -0.25) is 10.1 Å². The SMILES string of the molecule is CCCOc1cccc(NCC(C)(C)CCO)c1[N+](=O)[O-]. The molecule has 0 heterocycles. The maximum atomic E-state index is 11.3. The van der Waals surface area contributed by atoms with Gasteiger partial charge < -0.3 is 15.2 Å². The first-order valence-electron chi connectivity index (χ1n) is 7.16. The van der Waals surface area contributed by atoms with Crippen molar-refractivity contribution in [2.24, 2.45) is 5.41 Å². The number of rotatable bonds is 9. The molecule has 118 valence electrons. The zero-order valence-corrected chi connectivity index (χ0v) is 12.9. The van der Waals surface area contributed by atoms with E-state index in [9.17, 15) is 10.1 Å². The van der Waals surface area contributed by atoms with Crippen LogP contribution >= 0.6 is 0 Å². The maximum absolute atomic E-state index is 11.3. The summed E-state index contributed by atoms with van der Waals surface area (Å²) in [5, 5.41) is 23.4. The van der Waals surface area contributed by atoms with Crippen molar-refractivity contribution >= 4 is 11.4 Å². The van der Waals surface area contributed by atoms with E-state index in [1.165, 1.54) is 0 Å². The number of nitrogens with zero attached hydrogens (tertiary/aromatic N) is 1. The molecule has 21 heavy (non-hydrogen) atoms. The van der Waals surface area contributed by atoms with E-state index in [-0.39, 0.29) is 23.5 Å². The fourth-order valence-corrected chi connectivity index (χ4v) is 1.91. The fourth-order valence-electron chi connectivity index (χ4n) is 1.91. The zero-order valence-electron chi connectivity index (χ0n) is 12.9. The molecule has 1 aromatic rings. The largest absolute Gasteiger partial charge is 0.487 e. The summed E-state index contributed by atoms with van der Waals surface area (Å²) in [4.78, 5) is 10.9. The number of nitrogens with one attached hydrogen (secondary N) is 1. The lowest BCUT2D eigenvalue weighted by Gasteiger charge is -2.24. The van der Waals surface area contributed by atoms with Gasteiger partial charge in [0.15, 0.2) is 5.75 Å². The molecule has 0 bridgehead atoms. The molecule has 0 aromatic heterocycles. The average Bonchev–Trinajstić information content (AvgIpc) is 2.42. The predicted octanol–water partition coefficient (Wildman–Crippen LogP) is 3.20. The smallest absolute Gasteiger partial charge is 0.333 e. The second-order valence-corrected chi connectivity index (χ2v) is 5.75. The molecule has 0 saturated heterocycles. The molecule has 0 unspecified atom stereocenters. The van der Waals surface area contributed by atoms with Crippen LogP contribution in [0.3, 0.4) is 0 Å². The van der Waals surface area contributed by atoms with Crippen LogP contribution < -0.4 is 10.1 Å². The minimum absolute atomic E-state index is 0.0363. The number of ether oxygens (including phenoxy) is 1. The lowest BCUT2D eigenvalue weighted by molar-refractivity contribution is -0.385. The van der Waals surface area contributed by atoms with Crippen molar-refractivity contribution in [2.75, 3.05) is 25.1 Å². The Morgan fingerprint density at radius 2 is 2.14 bits per heavy atom. The highest BCUT2D eigenvalue weighted by Crippen LogP contribution is 2.35. The van der Waals surface area contributed by atoms with Crippen LogP contribution in [0.15, 0.2) is 18.2 Å². The third-order valence-electron chi connectivity index (χ3n) is 3.19. The van der Waals surface area contributed by atoms with Gasteiger partial charge in [-0.15, -0.1) is 0 Å². The van der Waals surface area contributed by atoms with Crippen LogP contribution in [-0.2, 0) is 0 Å². The van der Waals surface area contributed by atoms with E-state index in [2.05, 4.69) is 5.32 Å². The molecule has 0 spiro atoms. The zero-order chi connectivity index (χ0) is 15.9. The average molecular weight is 296 g/mol. The van der Waals surface area contributed by atoms with Crippen molar-refractivity contribution in [1.29, 1.82) is 0 Å². The van der Waals surface area contributed by atoms with Gasteiger partial charge in [0, 0.05) is 13.2 Å². The highest BCUT2D eigenvalue weighted by Gasteiger charge is 2.23. The number of nitro benzene ring substituents is 1. The van der Waals surface area contributed by atoms with Gasteiger partial charge in [-0.1, -0.05) is 26.8 Å². The molecule has 0 aliphatic rings. The number of hydrogen-bond donors (Lipinski definition) is 2. The van der Waals surface area contributed by atoms with E-state index in [0.717, 1.165) is 6.42 Å². The Bertz CT molecular complexity index is 475. The third-order valence-corrected chi connectivity index (χ3v) is 3.19. The first-order valence-corrected chi connectivity index (χ1v) is 7.16. The summed E-state index contributed by atoms with van der Waals surface area (Å²) in [6.45, 7) is 7.02. The van der Waals surface area contributed by atoms with Crippen LogP contribution in [-0.4, -0.2) is 29.8 Å². The Hall–Kier alpha value is -1.82. The van der Waals surface area contributed by atoms with Gasteiger partial charge in [0.05, 0.1) is 11.5 Å². The van der Waals surface area contributed by atoms with Crippen LogP contribution in [0, 0.1) is 15.5 Å². The molecule has 0 aliphatic heterocycles. The van der Waals surface area contributed by atoms with Crippen LogP contribution in [0.5, 0.6) is 5.75 Å². The Labute approximate surface area is 125 Å². The fraction of sp³-hybridized carbons (Fsp3) is 0.600. The predicted molar refractivity (Wildman–Crippen MR) is 82.9 cm³/mol. The molecule has 0 amide bonds. The van der Waals surface area contributed by atoms with E-state index in [1.54, 1.807) is 18.2 Å². The molecule has 0 atom stereocenters. The summed E-state index contributed by atoms with van der Waals surface area (Å²) in [6.07, 6.45) is 1.41. The molecule has 6 nitrogen and oxygen atoms in total. The number of aliphatic hydroxyl groups is 1. The Morgan fingerprint density at radius 3 is 2.71 bits per heavy atom. The van der Waals surface area contributed by atoms with Crippen LogP contribution in [0.1, 0.15) is 33.6 Å². The summed E-state index contributed by atoms with van der Waals surface area (Å²) in [7, 11) is 0. The highest BCUT2D eigenvalue weighted by atomic mass is 16.6. The number of aliphatic hydroxyl groups excluding tert-OH is 1. The van der Waals surface area contributed by atoms with E-state index in [0.29, 0.717) is 25.3 Å². The number of para-hydroxylation sites is 1. The normalized spacial score (nSPS) is 11.2. The topological polar surface area (TPSA) is 84.6 Å². The van der Waals surface area contributed by atoms with E-state index in [4.69, 9.17) is 9.84 Å². The molecule has 1 aromatic carbocycles. The molecule has 6 heteroatoms. The summed E-state index contributed by atoms with van der Waals surface area (Å²) in [5.41, 5.74) is 0.258. The summed E-state index contributed by atoms with van der Waals surface area (Å²) in [6, 6.07) is 5.02. The summed E-state index contributed by atoms with van der Waals surface area (Å²) >= 11 is 0. The molecular formula is C15H24N2O4. The van der Waals surface area contributed by atoms with Crippen molar-refractivity contribution in [3.63, 3.8) is 0 Å². The molecule has 0 radical (unpaired) electrons. The van der Waals surface area contributed by atoms with Crippen molar-refractivity contribution in [2.45, 2.75) is 33.6 Å². The monoisotopic (exact) mass is 296 g/mol. The van der Waals surface area contributed by atoms with Gasteiger partial charge in [0.1, 0.15) is 5.69 Å². The van der Waals surface area contributed by atoms with E-state index in [1.807, 2.05) is 20.8 Å². The number of hydrogen-bond acceptors (Lipinski definition) is 5. The second-order valence-electron chi connectivity index (χ2n) is 5.75. The quantitative estimate of drug-likeness (QED) is 0.540. The third kappa shape index (κ3) is 5.23. The minimum Gasteiger partial charge on any atom is -0.487 e. The van der Waals surface area contributed by atoms with Gasteiger partial charge in [-0.25, -0.2) is 0 Å². The Morgan fingerprint density at radius 1 is 1.43 bits per heavy atom. The molecule has 1 rings (SSSR count). The van der Waals surface area contributed by atoms with Crippen molar-refractivity contribution < 1.29 is 14.8 Å². The van der Waals surface area contributed by atoms with Gasteiger partial charge in [-0.2, -0.15) is 0 Å². The summed E-state index contributed by atoms with van der Waals surface area (Å²) in [5.74, 6) is 0.284. The summed E-state index contributed by atoms with van der Waals surface area (Å²) < 4.78 is 5.45. The van der Waals surface area contributed by atoms with Crippen molar-refractivity contribution in [1.82, 2.24) is 0 Å². The van der Waals surface area contributed by atoms with Gasteiger partial charge in [0.25, 0.3) is 0 Å². The molecule has 0 saturated carbocycles. The van der Waals surface area contributed by atoms with Crippen LogP contribution in [0.4, 0.5) is 11.4 Å². The van der Waals surface area contributed by atoms with E-state index >= 15 is 0 Å². The second kappa shape index (κ2) is 7.83. The lowest BCUT2D eigenvalue weighted by Crippen LogP contribution is -2.24. The van der Waals surface area contributed by atoms with E-state index < -0.39 is 4.92 Å².